The molecule has 1 amide bonds. The second-order valence-corrected chi connectivity index (χ2v) is 10.1. The Morgan fingerprint density at radius 3 is 2.74 bits per heavy atom. The van der Waals surface area contributed by atoms with Crippen molar-refractivity contribution in [1.29, 1.82) is 0 Å². The average Bonchev–Trinajstić information content (AvgIpc) is 3.57. The molecular formula is C25H21ClF4N4O3S. The number of carbonyl (C=O) groups is 1. The lowest BCUT2D eigenvalue weighted by molar-refractivity contribution is -0.141. The van der Waals surface area contributed by atoms with Crippen LogP contribution < -0.4 is 4.74 Å². The largest absolute Gasteiger partial charge is 0.467 e. The van der Waals surface area contributed by atoms with E-state index in [-0.39, 0.29) is 16.5 Å². The van der Waals surface area contributed by atoms with Gasteiger partial charge in [0.1, 0.15) is 17.1 Å². The minimum Gasteiger partial charge on any atom is -0.467 e. The number of rotatable bonds is 6. The number of nitrogens with zero attached hydrogens (tertiary/aromatic N) is 4. The number of pyridine rings is 1. The van der Waals surface area contributed by atoms with Crippen LogP contribution in [-0.2, 0) is 15.8 Å². The first-order valence-corrected chi connectivity index (χ1v) is 13.0. The number of hydrogen-bond donors (Lipinski definition) is 0. The minimum atomic E-state index is -4.63. The van der Waals surface area contributed by atoms with Gasteiger partial charge in [-0.05, 0) is 37.1 Å². The Hall–Kier alpha value is -3.25. The number of carbonyl (C=O) groups excluding carboxylic acids is 1. The highest BCUT2D eigenvalue weighted by molar-refractivity contribution is 7.10. The topological polar surface area (TPSA) is 76.9 Å². The van der Waals surface area contributed by atoms with E-state index in [0.29, 0.717) is 43.8 Å². The highest BCUT2D eigenvalue weighted by atomic mass is 35.5. The zero-order chi connectivity index (χ0) is 26.9. The molecule has 1 unspecified atom stereocenters. The van der Waals surface area contributed by atoms with Gasteiger partial charge >= 0.3 is 6.18 Å². The number of oxime groups is 1. The van der Waals surface area contributed by atoms with Gasteiger partial charge in [-0.1, -0.05) is 22.8 Å². The van der Waals surface area contributed by atoms with Crippen LogP contribution in [0.1, 0.15) is 53.1 Å². The molecule has 0 aliphatic carbocycles. The fraction of sp³-hybridized carbons (Fsp3) is 0.360. The molecule has 1 aromatic carbocycles. The summed E-state index contributed by atoms with van der Waals surface area (Å²) in [5, 5.41) is 7.14. The van der Waals surface area contributed by atoms with Crippen molar-refractivity contribution < 1.29 is 31.9 Å². The Morgan fingerprint density at radius 2 is 2.00 bits per heavy atom. The predicted octanol–water partition coefficient (Wildman–Crippen LogP) is 6.00. The van der Waals surface area contributed by atoms with Gasteiger partial charge in [0.15, 0.2) is 12.7 Å². The van der Waals surface area contributed by atoms with Gasteiger partial charge in [-0.2, -0.15) is 13.2 Å². The Labute approximate surface area is 224 Å². The molecule has 0 bridgehead atoms. The monoisotopic (exact) mass is 568 g/mol. The van der Waals surface area contributed by atoms with Crippen LogP contribution >= 0.6 is 22.9 Å². The van der Waals surface area contributed by atoms with Crippen LogP contribution in [0, 0.1) is 5.82 Å². The van der Waals surface area contributed by atoms with E-state index in [0.717, 1.165) is 17.1 Å². The fourth-order valence-electron chi connectivity index (χ4n) is 4.43. The summed E-state index contributed by atoms with van der Waals surface area (Å²) in [7, 11) is 0. The fourth-order valence-corrected chi connectivity index (χ4v) is 5.71. The SMILES string of the molecule is O=C(COc1ncccc1C(F)(F)F)N1CCC(c2nc(C3=NOC(c4c(F)cccc4Cl)C3)cs2)CC1. The van der Waals surface area contributed by atoms with Crippen molar-refractivity contribution in [2.24, 2.45) is 5.16 Å². The van der Waals surface area contributed by atoms with Crippen molar-refractivity contribution in [2.75, 3.05) is 19.7 Å². The van der Waals surface area contributed by atoms with Crippen LogP contribution in [0.5, 0.6) is 5.88 Å². The summed E-state index contributed by atoms with van der Waals surface area (Å²) < 4.78 is 58.7. The zero-order valence-electron chi connectivity index (χ0n) is 19.8. The molecule has 1 saturated heterocycles. The third-order valence-electron chi connectivity index (χ3n) is 6.41. The van der Waals surface area contributed by atoms with E-state index in [4.69, 9.17) is 26.2 Å². The van der Waals surface area contributed by atoms with E-state index >= 15 is 0 Å². The van der Waals surface area contributed by atoms with Gasteiger partial charge < -0.3 is 14.5 Å². The number of amides is 1. The average molecular weight is 569 g/mol. The van der Waals surface area contributed by atoms with E-state index in [9.17, 15) is 22.4 Å². The third kappa shape index (κ3) is 5.60. The number of benzene rings is 1. The highest BCUT2D eigenvalue weighted by Crippen LogP contribution is 2.37. The number of alkyl halides is 3. The molecule has 7 nitrogen and oxygen atoms in total. The molecule has 2 aliphatic heterocycles. The normalized spacial score (nSPS) is 18.3. The van der Waals surface area contributed by atoms with Crippen LogP contribution in [0.15, 0.2) is 47.1 Å². The summed E-state index contributed by atoms with van der Waals surface area (Å²) in [6, 6.07) is 6.48. The molecule has 1 atom stereocenters. The molecule has 0 saturated carbocycles. The molecule has 0 N–H and O–H groups in total. The van der Waals surface area contributed by atoms with Gasteiger partial charge in [0.05, 0.1) is 15.7 Å². The predicted molar refractivity (Wildman–Crippen MR) is 132 cm³/mol. The number of piperidine rings is 1. The maximum Gasteiger partial charge on any atom is 0.421 e. The van der Waals surface area contributed by atoms with Gasteiger partial charge in [0, 0.05) is 42.6 Å². The molecule has 0 radical (unpaired) electrons. The molecule has 2 aromatic heterocycles. The van der Waals surface area contributed by atoms with Gasteiger partial charge in [0.25, 0.3) is 5.91 Å². The second-order valence-electron chi connectivity index (χ2n) is 8.84. The quantitative estimate of drug-likeness (QED) is 0.341. The molecule has 38 heavy (non-hydrogen) atoms. The highest BCUT2D eigenvalue weighted by Gasteiger charge is 2.36. The number of hydrogen-bond acceptors (Lipinski definition) is 7. The Balaban J connectivity index is 1.14. The zero-order valence-corrected chi connectivity index (χ0v) is 21.3. The van der Waals surface area contributed by atoms with Gasteiger partial charge in [-0.25, -0.2) is 14.4 Å². The summed E-state index contributed by atoms with van der Waals surface area (Å²) >= 11 is 7.63. The first-order chi connectivity index (χ1) is 18.2. The molecular weight excluding hydrogens is 548 g/mol. The molecule has 1 fully saturated rings. The summed E-state index contributed by atoms with van der Waals surface area (Å²) in [5.41, 5.74) is 0.505. The number of halogens is 5. The third-order valence-corrected chi connectivity index (χ3v) is 7.75. The van der Waals surface area contributed by atoms with Crippen molar-refractivity contribution in [1.82, 2.24) is 14.9 Å². The standard InChI is InChI=1S/C25H21ClF4N4O3S/c26-16-4-1-5-17(27)22(16)20-11-18(33-37-20)19-13-38-24(32-19)14-6-9-34(10-7-14)21(35)12-36-23-15(25(28,29)30)3-2-8-31-23/h1-5,8,13-14,20H,6-7,9-12H2. The lowest BCUT2D eigenvalue weighted by Gasteiger charge is -2.31. The lowest BCUT2D eigenvalue weighted by Crippen LogP contribution is -2.40. The summed E-state index contributed by atoms with van der Waals surface area (Å²) in [5.74, 6) is -1.36. The van der Waals surface area contributed by atoms with Crippen molar-refractivity contribution >= 4 is 34.6 Å². The summed E-state index contributed by atoms with van der Waals surface area (Å²) in [6.07, 6.45) is -2.44. The molecule has 5 rings (SSSR count). The van der Waals surface area contributed by atoms with Gasteiger partial charge in [-0.15, -0.1) is 11.3 Å². The van der Waals surface area contributed by atoms with E-state index in [1.807, 2.05) is 5.38 Å². The smallest absolute Gasteiger partial charge is 0.421 e. The first kappa shape index (κ1) is 26.4. The molecule has 0 spiro atoms. The lowest BCUT2D eigenvalue weighted by atomic mass is 9.97. The maximum atomic E-state index is 14.3. The molecule has 2 aliphatic rings. The van der Waals surface area contributed by atoms with Crippen LogP contribution in [0.25, 0.3) is 0 Å². The van der Waals surface area contributed by atoms with E-state index in [2.05, 4.69) is 10.1 Å². The number of aromatic nitrogens is 2. The van der Waals surface area contributed by atoms with Crippen molar-refractivity contribution in [3.05, 3.63) is 74.6 Å². The van der Waals surface area contributed by atoms with Crippen LogP contribution in [0.2, 0.25) is 5.02 Å². The Kier molecular flexibility index (Phi) is 7.53. The van der Waals surface area contributed by atoms with Gasteiger partial charge in [0.2, 0.25) is 5.88 Å². The van der Waals surface area contributed by atoms with Crippen LogP contribution in [-0.4, -0.2) is 46.2 Å². The Bertz CT molecular complexity index is 1340. The second kappa shape index (κ2) is 10.9. The Morgan fingerprint density at radius 1 is 1.21 bits per heavy atom. The van der Waals surface area contributed by atoms with E-state index in [1.165, 1.54) is 29.7 Å². The minimum absolute atomic E-state index is 0.117. The first-order valence-electron chi connectivity index (χ1n) is 11.8. The summed E-state index contributed by atoms with van der Waals surface area (Å²) in [4.78, 5) is 27.9. The van der Waals surface area contributed by atoms with Crippen LogP contribution in [0.3, 0.4) is 0 Å². The number of thiazole rings is 1. The molecule has 4 heterocycles. The van der Waals surface area contributed by atoms with E-state index < -0.39 is 42.1 Å². The van der Waals surface area contributed by atoms with E-state index in [1.54, 1.807) is 11.0 Å². The summed E-state index contributed by atoms with van der Waals surface area (Å²) in [6.45, 7) is 0.321. The van der Waals surface area contributed by atoms with Crippen molar-refractivity contribution in [2.45, 2.75) is 37.5 Å². The van der Waals surface area contributed by atoms with Crippen molar-refractivity contribution in [3.63, 3.8) is 0 Å². The number of likely N-dealkylation sites (tertiary alicyclic amines) is 1. The molecule has 200 valence electrons. The van der Waals surface area contributed by atoms with Crippen LogP contribution in [0.4, 0.5) is 17.6 Å². The molecule has 13 heteroatoms. The molecule has 3 aromatic rings. The maximum absolute atomic E-state index is 14.3. The number of ether oxygens (including phenoxy) is 1. The van der Waals surface area contributed by atoms with Gasteiger partial charge in [-0.3, -0.25) is 4.79 Å². The van der Waals surface area contributed by atoms with Crippen molar-refractivity contribution in [3.8, 4) is 5.88 Å².